The van der Waals surface area contributed by atoms with Gasteiger partial charge in [0.15, 0.2) is 0 Å². The Morgan fingerprint density at radius 1 is 1.00 bits per heavy atom. The van der Waals surface area contributed by atoms with E-state index in [1.165, 1.54) is 5.56 Å². The summed E-state index contributed by atoms with van der Waals surface area (Å²) in [6, 6.07) is 13.2. The Bertz CT molecular complexity index is 1180. The number of nitrogens with one attached hydrogen (secondary N) is 3. The minimum atomic E-state index is -0.00391. The van der Waals surface area contributed by atoms with Crippen molar-refractivity contribution in [2.45, 2.75) is 33.0 Å². The molecule has 0 radical (unpaired) electrons. The maximum absolute atomic E-state index is 12.6. The third kappa shape index (κ3) is 6.46. The van der Waals surface area contributed by atoms with Crippen molar-refractivity contribution in [2.24, 2.45) is 0 Å². The molecule has 1 amide bonds. The molecule has 1 fully saturated rings. The van der Waals surface area contributed by atoms with Gasteiger partial charge in [0.2, 0.25) is 0 Å². The number of H-pyrrole nitrogens is 1. The van der Waals surface area contributed by atoms with E-state index in [4.69, 9.17) is 5.11 Å². The van der Waals surface area contributed by atoms with Gasteiger partial charge in [0, 0.05) is 79.7 Å². The van der Waals surface area contributed by atoms with Gasteiger partial charge in [-0.15, -0.1) is 37.2 Å². The first kappa shape index (κ1) is 30.2. The molecule has 5 rings (SSSR count). The minimum absolute atomic E-state index is 0. The van der Waals surface area contributed by atoms with Crippen LogP contribution in [0.3, 0.4) is 0 Å². The Kier molecular flexibility index (Phi) is 10.9. The van der Waals surface area contributed by atoms with E-state index in [0.717, 1.165) is 78.2 Å². The second-order valence-corrected chi connectivity index (χ2v) is 9.49. The number of hydrogen-bond donors (Lipinski definition) is 4. The highest BCUT2D eigenvalue weighted by molar-refractivity contribution is 6.06. The van der Waals surface area contributed by atoms with Crippen LogP contribution in [-0.2, 0) is 13.1 Å². The fourth-order valence-electron chi connectivity index (χ4n) is 5.00. The van der Waals surface area contributed by atoms with Crippen LogP contribution in [-0.4, -0.2) is 71.2 Å². The van der Waals surface area contributed by atoms with Gasteiger partial charge < -0.3 is 20.7 Å². The average molecular weight is 557 g/mol. The van der Waals surface area contributed by atoms with Gasteiger partial charge in [-0.1, -0.05) is 6.07 Å². The summed E-state index contributed by atoms with van der Waals surface area (Å²) in [4.78, 5) is 20.9. The van der Waals surface area contributed by atoms with Crippen LogP contribution in [0.4, 0.5) is 5.69 Å². The van der Waals surface area contributed by atoms with Crippen LogP contribution in [0.25, 0.3) is 22.2 Å². The van der Waals surface area contributed by atoms with Crippen molar-refractivity contribution in [3.8, 4) is 11.3 Å². The van der Waals surface area contributed by atoms with E-state index in [1.54, 1.807) is 0 Å². The molecule has 7 nitrogen and oxygen atoms in total. The molecule has 4 N–H and O–H groups in total. The van der Waals surface area contributed by atoms with Gasteiger partial charge in [-0.2, -0.15) is 0 Å². The molecule has 0 spiro atoms. The van der Waals surface area contributed by atoms with Gasteiger partial charge in [-0.25, -0.2) is 0 Å². The van der Waals surface area contributed by atoms with E-state index in [2.05, 4.69) is 75.7 Å². The summed E-state index contributed by atoms with van der Waals surface area (Å²) in [5.74, 6) is -0.00391. The van der Waals surface area contributed by atoms with Crippen LogP contribution >= 0.6 is 37.2 Å². The standard InChI is InChI=1S/C26H33N5O2.3ClH/c1-17(2)28-21-12-20-15-27-26(33)25(20)22(14-21)24-13-19-11-18(3-4-23(19)29-24)16-31-7-5-30(6-8-31)9-10-32;;;/h3-4,11-14,17,28-29,32H,5-10,15-16H2,1-2H3,(H,27,33);3*1H. The first-order valence-corrected chi connectivity index (χ1v) is 11.9. The van der Waals surface area contributed by atoms with Crippen LogP contribution in [0.1, 0.15) is 35.3 Å². The predicted molar refractivity (Wildman–Crippen MR) is 154 cm³/mol. The lowest BCUT2D eigenvalue weighted by atomic mass is 9.99. The lowest BCUT2D eigenvalue weighted by Gasteiger charge is -2.34. The van der Waals surface area contributed by atoms with Gasteiger partial charge in [0.1, 0.15) is 0 Å². The summed E-state index contributed by atoms with van der Waals surface area (Å²) in [5, 5.41) is 16.8. The number of nitrogens with zero attached hydrogens (tertiary/aromatic N) is 2. The predicted octanol–water partition coefficient (Wildman–Crippen LogP) is 4.27. The number of hydrogen-bond acceptors (Lipinski definition) is 5. The monoisotopic (exact) mass is 555 g/mol. The maximum atomic E-state index is 12.6. The Hall–Kier alpha value is -2.00. The van der Waals surface area contributed by atoms with Crippen molar-refractivity contribution in [2.75, 3.05) is 44.6 Å². The van der Waals surface area contributed by atoms with E-state index in [1.807, 2.05) is 0 Å². The number of aromatic amines is 1. The van der Waals surface area contributed by atoms with E-state index >= 15 is 0 Å². The number of halogens is 3. The van der Waals surface area contributed by atoms with Gasteiger partial charge in [-0.05, 0) is 55.3 Å². The van der Waals surface area contributed by atoms with E-state index in [0.29, 0.717) is 12.6 Å². The molecule has 0 saturated carbocycles. The van der Waals surface area contributed by atoms with Crippen LogP contribution in [0, 0.1) is 0 Å². The van der Waals surface area contributed by atoms with E-state index in [9.17, 15) is 4.79 Å². The molecule has 2 aliphatic heterocycles. The third-order valence-corrected chi connectivity index (χ3v) is 6.60. The Morgan fingerprint density at radius 2 is 1.72 bits per heavy atom. The second-order valence-electron chi connectivity index (χ2n) is 9.49. The first-order chi connectivity index (χ1) is 16.0. The van der Waals surface area contributed by atoms with Crippen molar-refractivity contribution >= 4 is 59.7 Å². The fraction of sp³-hybridized carbons (Fsp3) is 0.423. The molecule has 0 aliphatic carbocycles. The number of carbonyl (C=O) groups excluding carboxylic acids is 1. The minimum Gasteiger partial charge on any atom is -0.395 e. The Morgan fingerprint density at radius 3 is 2.42 bits per heavy atom. The molecular formula is C26H36Cl3N5O2. The summed E-state index contributed by atoms with van der Waals surface area (Å²) in [7, 11) is 0. The Labute approximate surface area is 231 Å². The highest BCUT2D eigenvalue weighted by atomic mass is 35.5. The molecule has 0 atom stereocenters. The molecule has 0 bridgehead atoms. The zero-order chi connectivity index (χ0) is 22.9. The number of anilines is 1. The molecule has 1 saturated heterocycles. The number of amides is 1. The maximum Gasteiger partial charge on any atom is 0.252 e. The number of carbonyl (C=O) groups is 1. The number of rotatable bonds is 7. The first-order valence-electron chi connectivity index (χ1n) is 11.9. The van der Waals surface area contributed by atoms with Crippen LogP contribution in [0.15, 0.2) is 36.4 Å². The highest BCUT2D eigenvalue weighted by Crippen LogP contribution is 2.34. The van der Waals surface area contributed by atoms with E-state index in [-0.39, 0.29) is 49.7 Å². The number of benzene rings is 2. The summed E-state index contributed by atoms with van der Waals surface area (Å²) >= 11 is 0. The lowest BCUT2D eigenvalue weighted by Crippen LogP contribution is -2.46. The number of piperazine rings is 1. The molecule has 2 aromatic carbocycles. The van der Waals surface area contributed by atoms with Crippen LogP contribution in [0.2, 0.25) is 0 Å². The molecule has 2 aliphatic rings. The van der Waals surface area contributed by atoms with Gasteiger partial charge in [0.05, 0.1) is 12.2 Å². The van der Waals surface area contributed by atoms with Gasteiger partial charge in [-0.3, -0.25) is 14.6 Å². The smallest absolute Gasteiger partial charge is 0.252 e. The quantitative estimate of drug-likeness (QED) is 0.349. The van der Waals surface area contributed by atoms with Crippen molar-refractivity contribution < 1.29 is 9.90 Å². The summed E-state index contributed by atoms with van der Waals surface area (Å²) < 4.78 is 0. The number of fused-ring (bicyclic) bond motifs is 2. The second kappa shape index (κ2) is 13.0. The van der Waals surface area contributed by atoms with Crippen LogP contribution in [0.5, 0.6) is 0 Å². The van der Waals surface area contributed by atoms with Gasteiger partial charge >= 0.3 is 0 Å². The van der Waals surface area contributed by atoms with Gasteiger partial charge in [0.25, 0.3) is 5.91 Å². The number of β-amino-alcohol motifs (C(OH)–C–C–N with tert-alkyl or cyclic N) is 1. The molecule has 3 aromatic rings. The largest absolute Gasteiger partial charge is 0.395 e. The summed E-state index contributed by atoms with van der Waals surface area (Å²) in [6.45, 7) is 10.8. The zero-order valence-electron chi connectivity index (χ0n) is 20.7. The molecule has 198 valence electrons. The zero-order valence-corrected chi connectivity index (χ0v) is 23.1. The molecule has 1 aromatic heterocycles. The SMILES string of the molecule is CC(C)Nc1cc2c(c(-c3cc4cc(CN5CCN(CCO)CC5)ccc4[nH]3)c1)C(=O)NC2.Cl.Cl.Cl. The van der Waals surface area contributed by atoms with Crippen molar-refractivity contribution in [3.05, 3.63) is 53.1 Å². The number of aliphatic hydroxyl groups excluding tert-OH is 1. The van der Waals surface area contributed by atoms with Crippen molar-refractivity contribution in [1.82, 2.24) is 20.1 Å². The topological polar surface area (TPSA) is 83.6 Å². The Balaban J connectivity index is 0.00000152. The average Bonchev–Trinajstić information content (AvgIpc) is 3.38. The molecular weight excluding hydrogens is 521 g/mol. The van der Waals surface area contributed by atoms with Crippen LogP contribution < -0.4 is 10.6 Å². The molecule has 3 heterocycles. The fourth-order valence-corrected chi connectivity index (χ4v) is 5.00. The van der Waals surface area contributed by atoms with Crippen molar-refractivity contribution in [1.29, 1.82) is 0 Å². The van der Waals surface area contributed by atoms with E-state index < -0.39 is 0 Å². The number of aromatic nitrogens is 1. The normalized spacial score (nSPS) is 15.6. The summed E-state index contributed by atoms with van der Waals surface area (Å²) in [5.41, 5.74) is 7.15. The highest BCUT2D eigenvalue weighted by Gasteiger charge is 2.25. The molecule has 0 unspecified atom stereocenters. The van der Waals surface area contributed by atoms with Crippen molar-refractivity contribution in [3.63, 3.8) is 0 Å². The summed E-state index contributed by atoms with van der Waals surface area (Å²) in [6.07, 6.45) is 0. The number of aliphatic hydroxyl groups is 1. The molecule has 10 heteroatoms. The third-order valence-electron chi connectivity index (χ3n) is 6.60. The molecule has 36 heavy (non-hydrogen) atoms. The lowest BCUT2D eigenvalue weighted by molar-refractivity contribution is 0.0966.